The number of phenols is 3. The lowest BCUT2D eigenvalue weighted by molar-refractivity contribution is -0.131. The van der Waals surface area contributed by atoms with E-state index in [9.17, 15) is 20.1 Å². The van der Waals surface area contributed by atoms with Crippen molar-refractivity contribution in [2.45, 2.75) is 26.2 Å². The van der Waals surface area contributed by atoms with Gasteiger partial charge in [0.2, 0.25) is 0 Å². The third-order valence-electron chi connectivity index (χ3n) is 3.29. The molecule has 0 fully saturated rings. The van der Waals surface area contributed by atoms with Crippen LogP contribution in [-0.4, -0.2) is 21.3 Å². The molecule has 0 radical (unpaired) electrons. The maximum Gasteiger partial charge on any atom is 0.308 e. The van der Waals surface area contributed by atoms with Gasteiger partial charge in [-0.3, -0.25) is 4.79 Å². The predicted octanol–water partition coefficient (Wildman–Crippen LogP) is 2.90. The van der Waals surface area contributed by atoms with Gasteiger partial charge in [0, 0.05) is 13.0 Å². The molecule has 0 aliphatic carbocycles. The van der Waals surface area contributed by atoms with E-state index in [0.29, 0.717) is 30.6 Å². The first-order chi connectivity index (χ1) is 10.5. The number of para-hydroxylation sites is 1. The van der Waals surface area contributed by atoms with Crippen LogP contribution in [0, 0.1) is 0 Å². The molecule has 0 aromatic heterocycles. The molecule has 22 heavy (non-hydrogen) atoms. The van der Waals surface area contributed by atoms with Crippen molar-refractivity contribution in [2.75, 3.05) is 0 Å². The summed E-state index contributed by atoms with van der Waals surface area (Å²) in [4.78, 5) is 11.1. The summed E-state index contributed by atoms with van der Waals surface area (Å²) < 4.78 is 5.08. The van der Waals surface area contributed by atoms with E-state index in [1.54, 1.807) is 18.2 Å². The van der Waals surface area contributed by atoms with Crippen molar-refractivity contribution in [3.05, 3.63) is 47.5 Å². The second-order valence-corrected chi connectivity index (χ2v) is 5.02. The Kier molecular flexibility index (Phi) is 4.88. The first kappa shape index (κ1) is 15.7. The second kappa shape index (κ2) is 6.85. The lowest BCUT2D eigenvalue weighted by atomic mass is 10.0. The van der Waals surface area contributed by atoms with Crippen molar-refractivity contribution in [3.63, 3.8) is 0 Å². The first-order valence-electron chi connectivity index (χ1n) is 6.97. The topological polar surface area (TPSA) is 87.0 Å². The third-order valence-corrected chi connectivity index (χ3v) is 3.29. The predicted molar refractivity (Wildman–Crippen MR) is 81.2 cm³/mol. The van der Waals surface area contributed by atoms with Gasteiger partial charge in [-0.25, -0.2) is 0 Å². The number of benzene rings is 2. The molecule has 0 aliphatic heterocycles. The van der Waals surface area contributed by atoms with Crippen LogP contribution in [0.1, 0.15) is 24.5 Å². The molecule has 2 aromatic carbocycles. The number of aryl methyl sites for hydroxylation is 2. The molecule has 2 aromatic rings. The molecule has 116 valence electrons. The molecule has 0 aliphatic rings. The van der Waals surface area contributed by atoms with Gasteiger partial charge in [-0.15, -0.1) is 0 Å². The highest BCUT2D eigenvalue weighted by Gasteiger charge is 2.09. The van der Waals surface area contributed by atoms with Gasteiger partial charge >= 0.3 is 5.97 Å². The molecule has 0 saturated carbocycles. The smallest absolute Gasteiger partial charge is 0.308 e. The number of hydrogen-bond acceptors (Lipinski definition) is 5. The van der Waals surface area contributed by atoms with Crippen LogP contribution >= 0.6 is 0 Å². The average Bonchev–Trinajstić information content (AvgIpc) is 2.45. The molecule has 0 atom stereocenters. The quantitative estimate of drug-likeness (QED) is 0.449. The lowest BCUT2D eigenvalue weighted by Crippen LogP contribution is -2.04. The molecule has 2 rings (SSSR count). The SMILES string of the molecule is CC(=O)Oc1cc(O)ccc1CCCc1cccc(O)c1O. The number of ether oxygens (including phenoxy) is 1. The zero-order valence-corrected chi connectivity index (χ0v) is 12.2. The van der Waals surface area contributed by atoms with E-state index in [1.165, 1.54) is 25.1 Å². The van der Waals surface area contributed by atoms with Gasteiger partial charge in [0.1, 0.15) is 11.5 Å². The third kappa shape index (κ3) is 3.91. The first-order valence-corrected chi connectivity index (χ1v) is 6.97. The van der Waals surface area contributed by atoms with E-state index in [2.05, 4.69) is 0 Å². The van der Waals surface area contributed by atoms with Crippen molar-refractivity contribution in [1.29, 1.82) is 0 Å². The largest absolute Gasteiger partial charge is 0.508 e. The van der Waals surface area contributed by atoms with Gasteiger partial charge in [-0.1, -0.05) is 18.2 Å². The Hall–Kier alpha value is -2.69. The molecular weight excluding hydrogens is 284 g/mol. The average molecular weight is 302 g/mol. The minimum atomic E-state index is -0.447. The Labute approximate surface area is 128 Å². The Morgan fingerprint density at radius 2 is 1.77 bits per heavy atom. The zero-order chi connectivity index (χ0) is 16.1. The molecule has 0 bridgehead atoms. The summed E-state index contributed by atoms with van der Waals surface area (Å²) in [6, 6.07) is 9.50. The molecule has 0 spiro atoms. The summed E-state index contributed by atoms with van der Waals surface area (Å²) in [5.41, 5.74) is 1.46. The molecule has 3 N–H and O–H groups in total. The molecule has 0 saturated heterocycles. The van der Waals surface area contributed by atoms with Gasteiger partial charge in [0.15, 0.2) is 11.5 Å². The van der Waals surface area contributed by atoms with Crippen LogP contribution in [0.15, 0.2) is 36.4 Å². The number of carbonyl (C=O) groups is 1. The highest BCUT2D eigenvalue weighted by molar-refractivity contribution is 5.70. The summed E-state index contributed by atoms with van der Waals surface area (Å²) in [5.74, 6) is -0.313. The van der Waals surface area contributed by atoms with Crippen molar-refractivity contribution in [3.8, 4) is 23.0 Å². The van der Waals surface area contributed by atoms with Gasteiger partial charge in [-0.2, -0.15) is 0 Å². The standard InChI is InChI=1S/C17H18O5/c1-11(18)22-16-10-14(19)9-8-12(16)4-2-5-13-6-3-7-15(20)17(13)21/h3,6-10,19-21H,2,4-5H2,1H3. The monoisotopic (exact) mass is 302 g/mol. The molecule has 0 amide bonds. The summed E-state index contributed by atoms with van der Waals surface area (Å²) in [5, 5.41) is 28.7. The maximum absolute atomic E-state index is 11.1. The highest BCUT2D eigenvalue weighted by Crippen LogP contribution is 2.30. The summed E-state index contributed by atoms with van der Waals surface area (Å²) in [6.45, 7) is 1.30. The van der Waals surface area contributed by atoms with Crippen LogP contribution in [-0.2, 0) is 17.6 Å². The van der Waals surface area contributed by atoms with Crippen LogP contribution in [0.4, 0.5) is 0 Å². The fraction of sp³-hybridized carbons (Fsp3) is 0.235. The number of aromatic hydroxyl groups is 3. The van der Waals surface area contributed by atoms with E-state index in [-0.39, 0.29) is 17.2 Å². The Morgan fingerprint density at radius 1 is 1.05 bits per heavy atom. The molecule has 0 heterocycles. The van der Waals surface area contributed by atoms with Crippen molar-refractivity contribution in [2.24, 2.45) is 0 Å². The number of esters is 1. The molecule has 0 unspecified atom stereocenters. The van der Waals surface area contributed by atoms with Crippen molar-refractivity contribution in [1.82, 2.24) is 0 Å². The fourth-order valence-corrected chi connectivity index (χ4v) is 2.25. The summed E-state index contributed by atoms with van der Waals surface area (Å²) in [6.07, 6.45) is 1.87. The summed E-state index contributed by atoms with van der Waals surface area (Å²) in [7, 11) is 0. The second-order valence-electron chi connectivity index (χ2n) is 5.02. The molecular formula is C17H18O5. The Bertz CT molecular complexity index is 679. The molecule has 5 nitrogen and oxygen atoms in total. The zero-order valence-electron chi connectivity index (χ0n) is 12.2. The van der Waals surface area contributed by atoms with E-state index in [1.807, 2.05) is 0 Å². The van der Waals surface area contributed by atoms with Crippen molar-refractivity contribution < 1.29 is 24.9 Å². The fourth-order valence-electron chi connectivity index (χ4n) is 2.25. The van der Waals surface area contributed by atoms with E-state index >= 15 is 0 Å². The van der Waals surface area contributed by atoms with Crippen LogP contribution in [0.5, 0.6) is 23.0 Å². The molecule has 5 heteroatoms. The van der Waals surface area contributed by atoms with Crippen LogP contribution in [0.3, 0.4) is 0 Å². The number of hydrogen-bond donors (Lipinski definition) is 3. The number of phenolic OH excluding ortho intramolecular Hbond substituents is 3. The lowest BCUT2D eigenvalue weighted by Gasteiger charge is -2.10. The highest BCUT2D eigenvalue weighted by atomic mass is 16.5. The maximum atomic E-state index is 11.1. The minimum absolute atomic E-state index is 0.0330. The van der Waals surface area contributed by atoms with Crippen molar-refractivity contribution >= 4 is 5.97 Å². The Balaban J connectivity index is 2.05. The van der Waals surface area contributed by atoms with Gasteiger partial charge in [0.05, 0.1) is 0 Å². The van der Waals surface area contributed by atoms with Gasteiger partial charge < -0.3 is 20.1 Å². The summed E-state index contributed by atoms with van der Waals surface area (Å²) >= 11 is 0. The van der Waals surface area contributed by atoms with E-state index in [4.69, 9.17) is 4.74 Å². The van der Waals surface area contributed by atoms with E-state index < -0.39 is 5.97 Å². The van der Waals surface area contributed by atoms with Gasteiger partial charge in [-0.05, 0) is 42.5 Å². The van der Waals surface area contributed by atoms with E-state index in [0.717, 1.165) is 5.56 Å². The number of rotatable bonds is 5. The normalized spacial score (nSPS) is 10.4. The Morgan fingerprint density at radius 3 is 2.50 bits per heavy atom. The van der Waals surface area contributed by atoms with Crippen LogP contribution < -0.4 is 4.74 Å². The van der Waals surface area contributed by atoms with Crippen LogP contribution in [0.2, 0.25) is 0 Å². The van der Waals surface area contributed by atoms with Crippen LogP contribution in [0.25, 0.3) is 0 Å². The number of carbonyl (C=O) groups excluding carboxylic acids is 1. The minimum Gasteiger partial charge on any atom is -0.508 e. The van der Waals surface area contributed by atoms with Gasteiger partial charge in [0.25, 0.3) is 0 Å².